The van der Waals surface area contributed by atoms with Gasteiger partial charge in [0.25, 0.3) is 0 Å². The molecular formula is C28H40F2O4. The van der Waals surface area contributed by atoms with E-state index in [0.717, 1.165) is 38.5 Å². The fraction of sp³-hybridized carbons (Fsp3) is 0.571. The Morgan fingerprint density at radius 1 is 0.618 bits per heavy atom. The molecule has 2 rings (SSSR count). The normalized spacial score (nSPS) is 11.9. The third-order valence-electron chi connectivity index (χ3n) is 5.86. The fourth-order valence-corrected chi connectivity index (χ4v) is 2.99. The molecule has 0 aliphatic rings. The molecule has 0 radical (unpaired) electrons. The number of hydrogen-bond donors (Lipinski definition) is 0. The zero-order chi connectivity index (χ0) is 25.2. The first-order valence-electron chi connectivity index (χ1n) is 12.3. The first-order valence-corrected chi connectivity index (χ1v) is 12.3. The van der Waals surface area contributed by atoms with E-state index >= 15 is 0 Å². The molecule has 34 heavy (non-hydrogen) atoms. The summed E-state index contributed by atoms with van der Waals surface area (Å²) in [5, 5.41) is 0. The molecule has 0 spiro atoms. The van der Waals surface area contributed by atoms with Crippen LogP contribution in [-0.2, 0) is 0 Å². The van der Waals surface area contributed by atoms with Crippen molar-refractivity contribution in [1.82, 2.24) is 0 Å². The molecule has 2 aromatic carbocycles. The van der Waals surface area contributed by atoms with E-state index in [1.165, 1.54) is 12.1 Å². The number of rotatable bonds is 15. The van der Waals surface area contributed by atoms with Gasteiger partial charge >= 0.3 is 0 Å². The van der Waals surface area contributed by atoms with Crippen molar-refractivity contribution in [2.24, 2.45) is 0 Å². The van der Waals surface area contributed by atoms with Crippen LogP contribution >= 0.6 is 0 Å². The van der Waals surface area contributed by atoms with E-state index in [1.54, 1.807) is 24.3 Å². The fourth-order valence-electron chi connectivity index (χ4n) is 2.99. The smallest absolute Gasteiger partial charge is 0.168 e. The van der Waals surface area contributed by atoms with Crippen LogP contribution in [0.25, 0.3) is 0 Å². The summed E-state index contributed by atoms with van der Waals surface area (Å²) in [6.45, 7) is 12.8. The van der Waals surface area contributed by atoms with Crippen molar-refractivity contribution in [3.05, 3.63) is 48.0 Å². The Hall–Kier alpha value is -2.50. The Balaban J connectivity index is 1.63. The van der Waals surface area contributed by atoms with E-state index in [4.69, 9.17) is 18.9 Å². The largest absolute Gasteiger partial charge is 0.493 e. The quantitative estimate of drug-likeness (QED) is 0.242. The maximum Gasteiger partial charge on any atom is 0.168 e. The first-order chi connectivity index (χ1) is 16.0. The number of ether oxygens (including phenoxy) is 4. The molecule has 0 amide bonds. The van der Waals surface area contributed by atoms with Crippen molar-refractivity contribution in [2.45, 2.75) is 91.3 Å². The van der Waals surface area contributed by atoms with E-state index in [9.17, 15) is 8.78 Å². The summed E-state index contributed by atoms with van der Waals surface area (Å²) in [6.07, 6.45) is 5.21. The van der Waals surface area contributed by atoms with E-state index in [-0.39, 0.29) is 11.5 Å². The minimum atomic E-state index is -0.415. The molecular weight excluding hydrogens is 438 g/mol. The number of benzene rings is 2. The molecule has 0 bridgehead atoms. The molecule has 0 aliphatic heterocycles. The molecule has 0 aromatic heterocycles. The van der Waals surface area contributed by atoms with Gasteiger partial charge in [-0.3, -0.25) is 0 Å². The van der Waals surface area contributed by atoms with Gasteiger partial charge in [-0.25, -0.2) is 8.78 Å². The van der Waals surface area contributed by atoms with Gasteiger partial charge < -0.3 is 18.9 Å². The summed E-state index contributed by atoms with van der Waals surface area (Å²) in [4.78, 5) is 0. The van der Waals surface area contributed by atoms with Crippen molar-refractivity contribution in [3.63, 3.8) is 0 Å². The number of unbranched alkanes of at least 4 members (excludes halogenated alkanes) is 3. The molecule has 4 nitrogen and oxygen atoms in total. The van der Waals surface area contributed by atoms with Crippen LogP contribution in [0.15, 0.2) is 36.4 Å². The maximum atomic E-state index is 14.3. The van der Waals surface area contributed by atoms with Crippen LogP contribution in [0.3, 0.4) is 0 Å². The van der Waals surface area contributed by atoms with E-state index < -0.39 is 22.8 Å². The van der Waals surface area contributed by atoms with Gasteiger partial charge in [-0.15, -0.1) is 0 Å². The highest BCUT2D eigenvalue weighted by molar-refractivity contribution is 5.34. The molecule has 0 N–H and O–H groups in total. The van der Waals surface area contributed by atoms with Crippen LogP contribution in [0.4, 0.5) is 8.78 Å². The highest BCUT2D eigenvalue weighted by Crippen LogP contribution is 2.28. The molecule has 6 heteroatoms. The third-order valence-corrected chi connectivity index (χ3v) is 5.86. The van der Waals surface area contributed by atoms with Gasteiger partial charge in [0.2, 0.25) is 0 Å². The molecule has 0 heterocycles. The van der Waals surface area contributed by atoms with E-state index in [2.05, 4.69) is 0 Å². The second-order valence-electron chi connectivity index (χ2n) is 9.73. The van der Waals surface area contributed by atoms with Gasteiger partial charge in [0.1, 0.15) is 22.7 Å². The summed E-state index contributed by atoms with van der Waals surface area (Å²) in [6, 6.07) is 9.44. The number of halogens is 2. The Labute approximate surface area is 203 Å². The third kappa shape index (κ3) is 9.40. The summed E-state index contributed by atoms with van der Waals surface area (Å²) >= 11 is 0. The highest BCUT2D eigenvalue weighted by atomic mass is 19.1. The Bertz CT molecular complexity index is 822. The molecule has 2 aromatic rings. The highest BCUT2D eigenvalue weighted by Gasteiger charge is 2.20. The summed E-state index contributed by atoms with van der Waals surface area (Å²) in [5.41, 5.74) is -0.824. The van der Waals surface area contributed by atoms with Crippen LogP contribution in [0.5, 0.6) is 23.0 Å². The zero-order valence-corrected chi connectivity index (χ0v) is 21.5. The lowest BCUT2D eigenvalue weighted by atomic mass is 10.1. The van der Waals surface area contributed by atoms with Gasteiger partial charge in [-0.2, -0.15) is 0 Å². The second kappa shape index (κ2) is 12.8. The Kier molecular flexibility index (Phi) is 10.5. The first kappa shape index (κ1) is 27.7. The van der Waals surface area contributed by atoms with Crippen LogP contribution in [-0.4, -0.2) is 24.4 Å². The lowest BCUT2D eigenvalue weighted by Gasteiger charge is -2.25. The van der Waals surface area contributed by atoms with Crippen LogP contribution in [0, 0.1) is 11.6 Å². The molecule has 0 unspecified atom stereocenters. The van der Waals surface area contributed by atoms with Gasteiger partial charge in [0.05, 0.1) is 13.2 Å². The lowest BCUT2D eigenvalue weighted by molar-refractivity contribution is 0.0989. The zero-order valence-electron chi connectivity index (χ0n) is 21.5. The van der Waals surface area contributed by atoms with Crippen molar-refractivity contribution in [1.29, 1.82) is 0 Å². The van der Waals surface area contributed by atoms with Gasteiger partial charge in [0, 0.05) is 12.1 Å². The lowest BCUT2D eigenvalue weighted by Crippen LogP contribution is -2.27. The second-order valence-corrected chi connectivity index (χ2v) is 9.73. The Morgan fingerprint density at radius 2 is 1.00 bits per heavy atom. The van der Waals surface area contributed by atoms with E-state index in [1.807, 2.05) is 41.5 Å². The number of hydrogen-bond acceptors (Lipinski definition) is 4. The molecule has 190 valence electrons. The van der Waals surface area contributed by atoms with Crippen molar-refractivity contribution < 1.29 is 27.7 Å². The predicted octanol–water partition coefficient (Wildman–Crippen LogP) is 8.12. The summed E-state index contributed by atoms with van der Waals surface area (Å²) < 4.78 is 51.3. The van der Waals surface area contributed by atoms with Crippen molar-refractivity contribution >= 4 is 0 Å². The topological polar surface area (TPSA) is 36.9 Å². The van der Waals surface area contributed by atoms with Gasteiger partial charge in [-0.05, 0) is 90.5 Å². The minimum absolute atomic E-state index is 0.242. The van der Waals surface area contributed by atoms with Gasteiger partial charge in [-0.1, -0.05) is 13.8 Å². The molecule has 0 atom stereocenters. The predicted molar refractivity (Wildman–Crippen MR) is 132 cm³/mol. The van der Waals surface area contributed by atoms with Crippen LogP contribution < -0.4 is 18.9 Å². The van der Waals surface area contributed by atoms with Crippen molar-refractivity contribution in [2.75, 3.05) is 13.2 Å². The monoisotopic (exact) mass is 478 g/mol. The average Bonchev–Trinajstić information content (AvgIpc) is 2.79. The summed E-state index contributed by atoms with van der Waals surface area (Å²) in [7, 11) is 0. The molecule has 0 saturated carbocycles. The van der Waals surface area contributed by atoms with Crippen LogP contribution in [0.1, 0.15) is 80.1 Å². The molecule has 0 fully saturated rings. The SMILES string of the molecule is CCC(C)(C)Oc1ccc(OCCCCCCOc2ccc(OC(C)(C)CC)c(F)c2)cc1F. The Morgan fingerprint density at radius 3 is 1.32 bits per heavy atom. The van der Waals surface area contributed by atoms with Crippen molar-refractivity contribution in [3.8, 4) is 23.0 Å². The minimum Gasteiger partial charge on any atom is -0.493 e. The van der Waals surface area contributed by atoms with E-state index in [0.29, 0.717) is 24.7 Å². The van der Waals surface area contributed by atoms with Gasteiger partial charge in [0.15, 0.2) is 23.1 Å². The maximum absolute atomic E-state index is 14.3. The van der Waals surface area contributed by atoms with Crippen LogP contribution in [0.2, 0.25) is 0 Å². The standard InChI is InChI=1S/C28H40F2O4/c1-7-27(3,4)33-25-15-13-21(19-23(25)29)31-17-11-9-10-12-18-32-22-14-16-26(24(30)20-22)34-28(5,6)8-2/h13-16,19-20H,7-12,17-18H2,1-6H3. The molecule has 0 saturated heterocycles. The average molecular weight is 479 g/mol. The summed E-state index contributed by atoms with van der Waals surface area (Å²) in [5.74, 6) is 0.651. The molecule has 0 aliphatic carbocycles.